The predicted octanol–water partition coefficient (Wildman–Crippen LogP) is -1.22. The molecule has 0 bridgehead atoms. The van der Waals surface area contributed by atoms with Crippen molar-refractivity contribution >= 4 is 10.0 Å². The maximum Gasteiger partial charge on any atom is 0.214 e. The minimum Gasteiger partial charge on any atom is -0.390 e. The van der Waals surface area contributed by atoms with Crippen LogP contribution in [0.25, 0.3) is 0 Å². The van der Waals surface area contributed by atoms with E-state index < -0.39 is 33.5 Å². The van der Waals surface area contributed by atoms with Gasteiger partial charge in [-0.2, -0.15) is 0 Å². The molecule has 10 heteroatoms. The zero-order valence-corrected chi connectivity index (χ0v) is 15.3. The quantitative estimate of drug-likeness (QED) is 0.556. The second-order valence-corrected chi connectivity index (χ2v) is 9.23. The van der Waals surface area contributed by atoms with Gasteiger partial charge in [0.05, 0.1) is 29.2 Å². The molecular weight excluding hydrogens is 334 g/mol. The van der Waals surface area contributed by atoms with Gasteiger partial charge in [0.2, 0.25) is 10.0 Å². The first kappa shape index (κ1) is 19.3. The molecule has 0 saturated heterocycles. The lowest BCUT2D eigenvalue weighted by Gasteiger charge is -2.19. The number of sulfonamides is 1. The molecule has 3 N–H and O–H groups in total. The van der Waals surface area contributed by atoms with Crippen LogP contribution in [-0.2, 0) is 23.1 Å². The van der Waals surface area contributed by atoms with Crippen LogP contribution in [-0.4, -0.2) is 76.1 Å². The van der Waals surface area contributed by atoms with E-state index in [4.69, 9.17) is 0 Å². The van der Waals surface area contributed by atoms with E-state index in [-0.39, 0.29) is 5.92 Å². The molecule has 4 unspecified atom stereocenters. The van der Waals surface area contributed by atoms with Crippen LogP contribution in [0.5, 0.6) is 0 Å². The number of aliphatic hydroxyl groups is 2. The Morgan fingerprint density at radius 3 is 2.62 bits per heavy atom. The van der Waals surface area contributed by atoms with Crippen molar-refractivity contribution in [1.82, 2.24) is 24.6 Å². The molecule has 4 atom stereocenters. The van der Waals surface area contributed by atoms with E-state index in [2.05, 4.69) is 15.0 Å². The van der Waals surface area contributed by atoms with E-state index in [1.54, 1.807) is 24.7 Å². The summed E-state index contributed by atoms with van der Waals surface area (Å²) >= 11 is 0. The third-order valence-electron chi connectivity index (χ3n) is 4.22. The fourth-order valence-corrected chi connectivity index (χ4v) is 3.76. The van der Waals surface area contributed by atoms with Crippen LogP contribution in [0.3, 0.4) is 0 Å². The highest BCUT2D eigenvalue weighted by Crippen LogP contribution is 2.29. The summed E-state index contributed by atoms with van der Waals surface area (Å²) in [5.74, 6) is -0.297. The molecule has 0 spiro atoms. The summed E-state index contributed by atoms with van der Waals surface area (Å²) in [5, 5.41) is 27.9. The second-order valence-electron chi connectivity index (χ2n) is 6.96. The molecular formula is C14H27N5O4S. The Labute approximate surface area is 142 Å². The molecule has 138 valence electrons. The summed E-state index contributed by atoms with van der Waals surface area (Å²) in [6, 6.07) is -0.692. The largest absolute Gasteiger partial charge is 0.390 e. The monoisotopic (exact) mass is 361 g/mol. The van der Waals surface area contributed by atoms with Crippen molar-refractivity contribution in [3.8, 4) is 0 Å². The molecule has 0 amide bonds. The molecule has 1 aliphatic carbocycles. The van der Waals surface area contributed by atoms with Gasteiger partial charge in [-0.25, -0.2) is 13.1 Å². The van der Waals surface area contributed by atoms with Crippen LogP contribution in [0, 0.1) is 5.92 Å². The zero-order chi connectivity index (χ0) is 18.1. The summed E-state index contributed by atoms with van der Waals surface area (Å²) in [6.07, 6.45) is 0.00154. The zero-order valence-electron chi connectivity index (χ0n) is 14.5. The summed E-state index contributed by atoms with van der Waals surface area (Å²) in [7, 11) is 0.359. The van der Waals surface area contributed by atoms with Crippen molar-refractivity contribution in [3.05, 3.63) is 11.9 Å². The van der Waals surface area contributed by atoms with Gasteiger partial charge in [0.1, 0.15) is 0 Å². The normalized spacial score (nSPS) is 28.2. The molecule has 0 aromatic carbocycles. The third kappa shape index (κ3) is 4.51. The molecule has 1 aliphatic rings. The number of hydrogen-bond acceptors (Lipinski definition) is 7. The van der Waals surface area contributed by atoms with E-state index in [1.165, 1.54) is 0 Å². The molecule has 2 rings (SSSR count). The lowest BCUT2D eigenvalue weighted by Crippen LogP contribution is -2.45. The summed E-state index contributed by atoms with van der Waals surface area (Å²) < 4.78 is 28.1. The van der Waals surface area contributed by atoms with Gasteiger partial charge >= 0.3 is 0 Å². The van der Waals surface area contributed by atoms with Crippen LogP contribution in [0.4, 0.5) is 0 Å². The summed E-state index contributed by atoms with van der Waals surface area (Å²) in [4.78, 5) is 1.97. The lowest BCUT2D eigenvalue weighted by molar-refractivity contribution is 0.00970. The van der Waals surface area contributed by atoms with Crippen LogP contribution < -0.4 is 4.72 Å². The fourth-order valence-electron chi connectivity index (χ4n) is 2.83. The molecule has 0 radical (unpaired) electrons. The average molecular weight is 361 g/mol. The van der Waals surface area contributed by atoms with E-state index in [0.29, 0.717) is 19.5 Å². The Morgan fingerprint density at radius 2 is 2.04 bits per heavy atom. The van der Waals surface area contributed by atoms with Crippen molar-refractivity contribution in [2.75, 3.05) is 14.1 Å². The van der Waals surface area contributed by atoms with E-state index in [9.17, 15) is 18.6 Å². The lowest BCUT2D eigenvalue weighted by atomic mass is 10.1. The minimum absolute atomic E-state index is 0.297. The minimum atomic E-state index is -3.51. The standard InChI is InChI=1S/C14H27N5O4S/c1-9(2)24(22,23)16-12-5-10(13(20)14(12)21)6-19-8-11(15-17-19)7-18(3)4/h8-10,12-14,16,20-21H,5-7H2,1-4H3. The first-order valence-electron chi connectivity index (χ1n) is 8.01. The fraction of sp³-hybridized carbons (Fsp3) is 0.857. The Balaban J connectivity index is 2.01. The number of rotatable bonds is 7. The highest BCUT2D eigenvalue weighted by atomic mass is 32.2. The van der Waals surface area contributed by atoms with Crippen molar-refractivity contribution in [2.24, 2.45) is 5.92 Å². The number of nitrogens with zero attached hydrogens (tertiary/aromatic N) is 4. The van der Waals surface area contributed by atoms with Gasteiger partial charge < -0.3 is 15.1 Å². The Bertz CT molecular complexity index is 645. The molecule has 0 aliphatic heterocycles. The van der Waals surface area contributed by atoms with Crippen molar-refractivity contribution in [3.63, 3.8) is 0 Å². The Kier molecular flexibility index (Phi) is 5.97. The molecule has 9 nitrogen and oxygen atoms in total. The van der Waals surface area contributed by atoms with Gasteiger partial charge in [0, 0.05) is 25.2 Å². The second kappa shape index (κ2) is 7.44. The van der Waals surface area contributed by atoms with E-state index in [0.717, 1.165) is 5.69 Å². The van der Waals surface area contributed by atoms with Gasteiger partial charge in [-0.15, -0.1) is 5.10 Å². The number of hydrogen-bond donors (Lipinski definition) is 3. The molecule has 1 heterocycles. The predicted molar refractivity (Wildman–Crippen MR) is 88.5 cm³/mol. The summed E-state index contributed by atoms with van der Waals surface area (Å²) in [6.45, 7) is 4.17. The summed E-state index contributed by atoms with van der Waals surface area (Å²) in [5.41, 5.74) is 0.810. The SMILES string of the molecule is CC(C)S(=O)(=O)NC1CC(Cn2cc(CN(C)C)nn2)C(O)C1O. The Morgan fingerprint density at radius 1 is 1.38 bits per heavy atom. The van der Waals surface area contributed by atoms with E-state index in [1.807, 2.05) is 19.0 Å². The number of aromatic nitrogens is 3. The molecule has 1 aromatic rings. The topological polar surface area (TPSA) is 121 Å². The number of nitrogens with one attached hydrogen (secondary N) is 1. The van der Waals surface area contributed by atoms with Crippen molar-refractivity contribution in [2.45, 2.75) is 56.9 Å². The van der Waals surface area contributed by atoms with Crippen molar-refractivity contribution in [1.29, 1.82) is 0 Å². The molecule has 1 fully saturated rings. The highest BCUT2D eigenvalue weighted by Gasteiger charge is 2.43. The third-order valence-corrected chi connectivity index (χ3v) is 6.10. The average Bonchev–Trinajstić information content (AvgIpc) is 2.99. The first-order chi connectivity index (χ1) is 11.1. The van der Waals surface area contributed by atoms with E-state index >= 15 is 0 Å². The van der Waals surface area contributed by atoms with Gasteiger partial charge in [-0.3, -0.25) is 4.68 Å². The Hall–Kier alpha value is -1.07. The molecule has 1 aromatic heterocycles. The number of aliphatic hydroxyl groups excluding tert-OH is 2. The molecule has 24 heavy (non-hydrogen) atoms. The van der Waals surface area contributed by atoms with Crippen molar-refractivity contribution < 1.29 is 18.6 Å². The smallest absolute Gasteiger partial charge is 0.214 e. The van der Waals surface area contributed by atoms with Gasteiger partial charge in [-0.05, 0) is 34.4 Å². The van der Waals surface area contributed by atoms with Crippen LogP contribution in [0.1, 0.15) is 26.0 Å². The first-order valence-corrected chi connectivity index (χ1v) is 9.55. The van der Waals surface area contributed by atoms with Crippen LogP contribution in [0.15, 0.2) is 6.20 Å². The maximum absolute atomic E-state index is 12.0. The highest BCUT2D eigenvalue weighted by molar-refractivity contribution is 7.90. The van der Waals surface area contributed by atoms with Gasteiger partial charge in [0.25, 0.3) is 0 Å². The molecule has 1 saturated carbocycles. The maximum atomic E-state index is 12.0. The van der Waals surface area contributed by atoms with Gasteiger partial charge in [0.15, 0.2) is 0 Å². The van der Waals surface area contributed by atoms with Gasteiger partial charge in [-0.1, -0.05) is 5.21 Å². The van der Waals surface area contributed by atoms with Crippen LogP contribution >= 0.6 is 0 Å². The van der Waals surface area contributed by atoms with Crippen LogP contribution in [0.2, 0.25) is 0 Å².